The molecule has 0 saturated carbocycles. The Morgan fingerprint density at radius 3 is 2.71 bits per heavy atom. The molecular weight excluding hydrogens is 208 g/mol. The minimum Gasteiger partial charge on any atom is -0.478 e. The average molecular weight is 218 g/mol. The van der Waals surface area contributed by atoms with Crippen molar-refractivity contribution in [3.63, 3.8) is 0 Å². The summed E-state index contributed by atoms with van der Waals surface area (Å²) >= 11 is 0. The Bertz CT molecular complexity index is 434. The van der Waals surface area contributed by atoms with E-state index in [1.807, 2.05) is 0 Å². The van der Waals surface area contributed by atoms with E-state index in [4.69, 9.17) is 5.11 Å². The van der Waals surface area contributed by atoms with Crippen LogP contribution in [0, 0.1) is 0 Å². The normalized spacial score (nSPS) is 11.5. The smallest absolute Gasteiger partial charge is 0.338 e. The minimum atomic E-state index is -3.04. The summed E-state index contributed by atoms with van der Waals surface area (Å²) in [6.07, 6.45) is 3.60. The summed E-state index contributed by atoms with van der Waals surface area (Å²) in [6.45, 7) is 0.173. The van der Waals surface area contributed by atoms with Crippen molar-refractivity contribution in [1.29, 1.82) is 0 Å². The van der Waals surface area contributed by atoms with Crippen molar-refractivity contribution >= 4 is 15.8 Å². The molecule has 0 radical (unpaired) electrons. The van der Waals surface area contributed by atoms with Gasteiger partial charge in [-0.05, 0) is 0 Å². The summed E-state index contributed by atoms with van der Waals surface area (Å²) in [5.74, 6) is -1.12. The molecule has 1 aromatic heterocycles. The van der Waals surface area contributed by atoms with Crippen LogP contribution in [0.15, 0.2) is 12.4 Å². The number of nitrogens with zero attached hydrogens (tertiary/aromatic N) is 2. The minimum absolute atomic E-state index is 0.0479. The van der Waals surface area contributed by atoms with Gasteiger partial charge in [0.05, 0.1) is 24.1 Å². The first-order valence-corrected chi connectivity index (χ1v) is 5.88. The predicted molar refractivity (Wildman–Crippen MR) is 48.9 cm³/mol. The molecule has 0 spiro atoms. The van der Waals surface area contributed by atoms with Crippen molar-refractivity contribution in [3.8, 4) is 0 Å². The van der Waals surface area contributed by atoms with Crippen LogP contribution in [0.2, 0.25) is 0 Å². The maximum absolute atomic E-state index is 10.8. The largest absolute Gasteiger partial charge is 0.478 e. The van der Waals surface area contributed by atoms with Crippen molar-refractivity contribution < 1.29 is 18.3 Å². The van der Waals surface area contributed by atoms with Crippen LogP contribution in [0.3, 0.4) is 0 Å². The van der Waals surface area contributed by atoms with Gasteiger partial charge >= 0.3 is 5.97 Å². The average Bonchev–Trinajstić information content (AvgIpc) is 2.47. The number of hydrogen-bond acceptors (Lipinski definition) is 4. The molecule has 0 aliphatic heterocycles. The van der Waals surface area contributed by atoms with Crippen LogP contribution in [0.1, 0.15) is 10.4 Å². The van der Waals surface area contributed by atoms with Gasteiger partial charge in [0.25, 0.3) is 0 Å². The highest BCUT2D eigenvalue weighted by molar-refractivity contribution is 7.90. The van der Waals surface area contributed by atoms with Gasteiger partial charge in [-0.1, -0.05) is 0 Å². The molecule has 1 rings (SSSR count). The van der Waals surface area contributed by atoms with E-state index in [0.29, 0.717) is 0 Å². The van der Waals surface area contributed by atoms with Gasteiger partial charge in [-0.2, -0.15) is 5.10 Å². The molecule has 6 nitrogen and oxygen atoms in total. The third-order valence-electron chi connectivity index (χ3n) is 1.57. The van der Waals surface area contributed by atoms with Crippen molar-refractivity contribution in [3.05, 3.63) is 18.0 Å². The molecule has 0 unspecified atom stereocenters. The van der Waals surface area contributed by atoms with Gasteiger partial charge in [0.2, 0.25) is 0 Å². The monoisotopic (exact) mass is 218 g/mol. The molecule has 7 heteroatoms. The number of aromatic nitrogens is 2. The number of hydrogen-bond donors (Lipinski definition) is 1. The third kappa shape index (κ3) is 3.17. The van der Waals surface area contributed by atoms with Crippen LogP contribution in [-0.2, 0) is 16.4 Å². The molecule has 14 heavy (non-hydrogen) atoms. The summed E-state index contributed by atoms with van der Waals surface area (Å²) in [6, 6.07) is 0. The van der Waals surface area contributed by atoms with Crippen LogP contribution in [-0.4, -0.2) is 41.3 Å². The number of carbonyl (C=O) groups is 1. The topological polar surface area (TPSA) is 89.3 Å². The first-order valence-electron chi connectivity index (χ1n) is 3.82. The van der Waals surface area contributed by atoms with E-state index < -0.39 is 15.8 Å². The van der Waals surface area contributed by atoms with Crippen LogP contribution in [0.25, 0.3) is 0 Å². The summed E-state index contributed by atoms with van der Waals surface area (Å²) in [5, 5.41) is 12.3. The first kappa shape index (κ1) is 10.7. The van der Waals surface area contributed by atoms with Crippen LogP contribution in [0.5, 0.6) is 0 Å². The molecule has 0 aromatic carbocycles. The zero-order valence-electron chi connectivity index (χ0n) is 7.54. The maximum atomic E-state index is 10.8. The molecule has 0 aliphatic carbocycles. The molecule has 0 aliphatic rings. The van der Waals surface area contributed by atoms with E-state index in [9.17, 15) is 13.2 Å². The third-order valence-corrected chi connectivity index (χ3v) is 2.50. The number of carboxylic acids is 1. The van der Waals surface area contributed by atoms with Crippen LogP contribution >= 0.6 is 0 Å². The number of aromatic carboxylic acids is 1. The Hall–Kier alpha value is -1.37. The van der Waals surface area contributed by atoms with Gasteiger partial charge in [-0.3, -0.25) is 4.68 Å². The van der Waals surface area contributed by atoms with Gasteiger partial charge in [-0.15, -0.1) is 0 Å². The molecule has 1 aromatic rings. The van der Waals surface area contributed by atoms with Gasteiger partial charge in [-0.25, -0.2) is 13.2 Å². The standard InChI is InChI=1S/C7H10N2O4S/c1-14(12,13)3-2-9-5-6(4-8-9)7(10)11/h4-5H,2-3H2,1H3,(H,10,11). The SMILES string of the molecule is CS(=O)(=O)CCn1cc(C(=O)O)cn1. The Labute approximate surface area is 81.1 Å². The Morgan fingerprint density at radius 2 is 2.29 bits per heavy atom. The second kappa shape index (κ2) is 3.79. The summed E-state index contributed by atoms with van der Waals surface area (Å²) < 4.78 is 22.9. The zero-order valence-corrected chi connectivity index (χ0v) is 8.36. The van der Waals surface area contributed by atoms with E-state index in [1.165, 1.54) is 17.1 Å². The van der Waals surface area contributed by atoms with Crippen molar-refractivity contribution in [1.82, 2.24) is 9.78 Å². The molecule has 1 N–H and O–H groups in total. The number of carboxylic acid groups (broad SMARTS) is 1. The highest BCUT2D eigenvalue weighted by Crippen LogP contribution is 1.97. The number of rotatable bonds is 4. The molecular formula is C7H10N2O4S. The van der Waals surface area contributed by atoms with E-state index in [2.05, 4.69) is 5.10 Å². The fourth-order valence-corrected chi connectivity index (χ4v) is 1.37. The lowest BCUT2D eigenvalue weighted by Gasteiger charge is -1.98. The summed E-state index contributed by atoms with van der Waals surface area (Å²) in [7, 11) is -3.04. The predicted octanol–water partition coefficient (Wildman–Crippen LogP) is -0.374. The Morgan fingerprint density at radius 1 is 1.64 bits per heavy atom. The second-order valence-electron chi connectivity index (χ2n) is 2.93. The summed E-state index contributed by atoms with van der Waals surface area (Å²) in [5.41, 5.74) is 0.0542. The van der Waals surface area contributed by atoms with Crippen molar-refractivity contribution in [2.45, 2.75) is 6.54 Å². The Kier molecular flexibility index (Phi) is 2.90. The molecule has 78 valence electrons. The first-order chi connectivity index (χ1) is 6.38. The van der Waals surface area contributed by atoms with Gasteiger partial charge in [0.15, 0.2) is 0 Å². The molecule has 0 amide bonds. The quantitative estimate of drug-likeness (QED) is 0.744. The van der Waals surface area contributed by atoms with E-state index in [0.717, 1.165) is 6.26 Å². The van der Waals surface area contributed by atoms with E-state index in [1.54, 1.807) is 0 Å². The van der Waals surface area contributed by atoms with Crippen molar-refractivity contribution in [2.24, 2.45) is 0 Å². The maximum Gasteiger partial charge on any atom is 0.338 e. The lowest BCUT2D eigenvalue weighted by molar-refractivity contribution is 0.0697. The number of aryl methyl sites for hydroxylation is 1. The zero-order chi connectivity index (χ0) is 10.8. The van der Waals surface area contributed by atoms with Gasteiger partial charge in [0.1, 0.15) is 9.84 Å². The lowest BCUT2D eigenvalue weighted by atomic mass is 10.4. The fourth-order valence-electron chi connectivity index (χ4n) is 0.856. The molecule has 1 heterocycles. The Balaban J connectivity index is 2.65. The molecule has 0 saturated heterocycles. The van der Waals surface area contributed by atoms with Crippen molar-refractivity contribution in [2.75, 3.05) is 12.0 Å². The van der Waals surface area contributed by atoms with Crippen LogP contribution in [0.4, 0.5) is 0 Å². The molecule has 0 bridgehead atoms. The fraction of sp³-hybridized carbons (Fsp3) is 0.429. The highest BCUT2D eigenvalue weighted by atomic mass is 32.2. The highest BCUT2D eigenvalue weighted by Gasteiger charge is 2.07. The van der Waals surface area contributed by atoms with E-state index in [-0.39, 0.29) is 17.9 Å². The lowest BCUT2D eigenvalue weighted by Crippen LogP contribution is -2.11. The molecule has 0 atom stereocenters. The number of sulfone groups is 1. The van der Waals surface area contributed by atoms with Gasteiger partial charge < -0.3 is 5.11 Å². The second-order valence-corrected chi connectivity index (χ2v) is 5.19. The van der Waals surface area contributed by atoms with Gasteiger partial charge in [0, 0.05) is 12.5 Å². The summed E-state index contributed by atoms with van der Waals surface area (Å²) in [4.78, 5) is 10.4. The van der Waals surface area contributed by atoms with E-state index >= 15 is 0 Å². The van der Waals surface area contributed by atoms with Crippen LogP contribution < -0.4 is 0 Å². The molecule has 0 fully saturated rings.